The van der Waals surface area contributed by atoms with E-state index in [1.165, 1.54) is 11.3 Å². The zero-order valence-electron chi connectivity index (χ0n) is 14.2. The van der Waals surface area contributed by atoms with Crippen molar-refractivity contribution in [2.24, 2.45) is 4.99 Å². The molecule has 23 heavy (non-hydrogen) atoms. The number of amides is 1. The molecule has 0 N–H and O–H groups in total. The molecule has 124 valence electrons. The highest BCUT2D eigenvalue weighted by Crippen LogP contribution is 2.19. The highest BCUT2D eigenvalue weighted by atomic mass is 32.1. The summed E-state index contributed by atoms with van der Waals surface area (Å²) in [7, 11) is 3.26. The molecule has 0 unspecified atom stereocenters. The summed E-state index contributed by atoms with van der Waals surface area (Å²) >= 11 is 1.52. The van der Waals surface area contributed by atoms with Gasteiger partial charge in [-0.1, -0.05) is 6.07 Å². The van der Waals surface area contributed by atoms with Gasteiger partial charge in [-0.2, -0.15) is 4.99 Å². The zero-order chi connectivity index (χ0) is 17.0. The van der Waals surface area contributed by atoms with Crippen LogP contribution in [0.15, 0.2) is 23.2 Å². The summed E-state index contributed by atoms with van der Waals surface area (Å²) in [5, 5.41) is 0. The molecule has 0 bridgehead atoms. The van der Waals surface area contributed by atoms with Crippen LogP contribution < -0.4 is 9.54 Å². The number of thiazole rings is 1. The Labute approximate surface area is 140 Å². The standard InChI is InChI=1S/C17H22N2O3S/c1-11-6-7-14(10-15(11)22-5)16(20)18-17-19(8-9-21-4)12(2)13(3)23-17/h6-7,10H,8-9H2,1-5H3. The van der Waals surface area contributed by atoms with Gasteiger partial charge in [-0.3, -0.25) is 4.79 Å². The van der Waals surface area contributed by atoms with Gasteiger partial charge in [0.2, 0.25) is 0 Å². The quantitative estimate of drug-likeness (QED) is 0.845. The molecule has 0 aliphatic heterocycles. The number of carbonyl (C=O) groups excluding carboxylic acids is 1. The Morgan fingerprint density at radius 3 is 2.65 bits per heavy atom. The van der Waals surface area contributed by atoms with Crippen LogP contribution in [-0.4, -0.2) is 31.3 Å². The molecule has 0 atom stereocenters. The number of nitrogens with zero attached hydrogens (tertiary/aromatic N) is 2. The summed E-state index contributed by atoms with van der Waals surface area (Å²) < 4.78 is 12.4. The lowest BCUT2D eigenvalue weighted by atomic mass is 10.1. The fourth-order valence-electron chi connectivity index (χ4n) is 2.23. The Morgan fingerprint density at radius 1 is 1.26 bits per heavy atom. The predicted molar refractivity (Wildman–Crippen MR) is 91.3 cm³/mol. The predicted octanol–water partition coefficient (Wildman–Crippen LogP) is 2.87. The minimum absolute atomic E-state index is 0.268. The van der Waals surface area contributed by atoms with E-state index in [9.17, 15) is 4.79 Å². The first-order valence-corrected chi connectivity index (χ1v) is 8.19. The first kappa shape index (κ1) is 17.4. The molecule has 1 heterocycles. The minimum atomic E-state index is -0.268. The van der Waals surface area contributed by atoms with Crippen molar-refractivity contribution in [1.29, 1.82) is 0 Å². The lowest BCUT2D eigenvalue weighted by Crippen LogP contribution is -2.20. The number of ether oxygens (including phenoxy) is 2. The number of methoxy groups -OCH3 is 2. The summed E-state index contributed by atoms with van der Waals surface area (Å²) in [6, 6.07) is 5.37. The van der Waals surface area contributed by atoms with Crippen LogP contribution in [0.5, 0.6) is 5.75 Å². The Bertz CT molecular complexity index is 775. The SMILES string of the molecule is COCCn1c(C)c(C)sc1=NC(=O)c1ccc(C)c(OC)c1. The number of benzene rings is 1. The van der Waals surface area contributed by atoms with E-state index in [4.69, 9.17) is 9.47 Å². The van der Waals surface area contributed by atoms with Gasteiger partial charge in [-0.25, -0.2) is 0 Å². The molecule has 1 aromatic heterocycles. The fraction of sp³-hybridized carbons (Fsp3) is 0.412. The molecule has 0 spiro atoms. The van der Waals surface area contributed by atoms with Crippen molar-refractivity contribution in [1.82, 2.24) is 4.57 Å². The summed E-state index contributed by atoms with van der Waals surface area (Å²) in [5.74, 6) is 0.424. The zero-order valence-corrected chi connectivity index (χ0v) is 15.0. The van der Waals surface area contributed by atoms with E-state index in [0.29, 0.717) is 29.3 Å². The van der Waals surface area contributed by atoms with Crippen LogP contribution in [0.2, 0.25) is 0 Å². The van der Waals surface area contributed by atoms with Gasteiger partial charge in [0, 0.05) is 29.8 Å². The molecule has 0 aliphatic rings. The first-order valence-electron chi connectivity index (χ1n) is 7.37. The second-order valence-electron chi connectivity index (χ2n) is 5.27. The Balaban J connectivity index is 2.41. The second kappa shape index (κ2) is 7.57. The fourth-order valence-corrected chi connectivity index (χ4v) is 3.23. The molecule has 0 radical (unpaired) electrons. The van der Waals surface area contributed by atoms with E-state index in [1.807, 2.05) is 31.4 Å². The van der Waals surface area contributed by atoms with Crippen LogP contribution in [-0.2, 0) is 11.3 Å². The topological polar surface area (TPSA) is 52.8 Å². The Morgan fingerprint density at radius 2 is 2.00 bits per heavy atom. The Kier molecular flexibility index (Phi) is 5.74. The maximum atomic E-state index is 12.5. The molecule has 2 aromatic rings. The summed E-state index contributed by atoms with van der Waals surface area (Å²) in [5.41, 5.74) is 2.62. The maximum Gasteiger partial charge on any atom is 0.279 e. The number of aryl methyl sites for hydroxylation is 2. The van der Waals surface area contributed by atoms with Crippen molar-refractivity contribution in [2.45, 2.75) is 27.3 Å². The third kappa shape index (κ3) is 3.89. The van der Waals surface area contributed by atoms with E-state index in [2.05, 4.69) is 4.99 Å². The van der Waals surface area contributed by atoms with Crippen molar-refractivity contribution < 1.29 is 14.3 Å². The van der Waals surface area contributed by atoms with Gasteiger partial charge in [0.15, 0.2) is 4.80 Å². The minimum Gasteiger partial charge on any atom is -0.496 e. The van der Waals surface area contributed by atoms with E-state index >= 15 is 0 Å². The smallest absolute Gasteiger partial charge is 0.279 e. The van der Waals surface area contributed by atoms with Crippen LogP contribution in [0.3, 0.4) is 0 Å². The maximum absolute atomic E-state index is 12.5. The molecule has 1 amide bonds. The number of aromatic nitrogens is 1. The van der Waals surface area contributed by atoms with E-state index in [-0.39, 0.29) is 5.91 Å². The van der Waals surface area contributed by atoms with Crippen molar-refractivity contribution in [3.05, 3.63) is 44.7 Å². The number of rotatable bonds is 5. The number of hydrogen-bond acceptors (Lipinski definition) is 4. The van der Waals surface area contributed by atoms with Crippen molar-refractivity contribution >= 4 is 17.2 Å². The van der Waals surface area contributed by atoms with Crippen LogP contribution in [0.25, 0.3) is 0 Å². The monoisotopic (exact) mass is 334 g/mol. The van der Waals surface area contributed by atoms with Gasteiger partial charge < -0.3 is 14.0 Å². The van der Waals surface area contributed by atoms with E-state index < -0.39 is 0 Å². The molecule has 2 rings (SSSR count). The van der Waals surface area contributed by atoms with Crippen LogP contribution in [0, 0.1) is 20.8 Å². The van der Waals surface area contributed by atoms with E-state index in [0.717, 1.165) is 16.1 Å². The molecule has 0 saturated heterocycles. The third-order valence-corrected chi connectivity index (χ3v) is 4.86. The van der Waals surface area contributed by atoms with Crippen LogP contribution in [0.4, 0.5) is 0 Å². The average Bonchev–Trinajstić information content (AvgIpc) is 2.80. The largest absolute Gasteiger partial charge is 0.496 e. The van der Waals surface area contributed by atoms with E-state index in [1.54, 1.807) is 26.4 Å². The molecule has 0 aliphatic carbocycles. The van der Waals surface area contributed by atoms with Crippen molar-refractivity contribution in [3.63, 3.8) is 0 Å². The van der Waals surface area contributed by atoms with Gasteiger partial charge in [-0.15, -0.1) is 11.3 Å². The number of carbonyl (C=O) groups is 1. The molecular formula is C17H22N2O3S. The van der Waals surface area contributed by atoms with Crippen LogP contribution >= 0.6 is 11.3 Å². The summed E-state index contributed by atoms with van der Waals surface area (Å²) in [6.45, 7) is 7.25. The van der Waals surface area contributed by atoms with Crippen molar-refractivity contribution in [2.75, 3.05) is 20.8 Å². The lowest BCUT2D eigenvalue weighted by Gasteiger charge is -2.06. The van der Waals surface area contributed by atoms with Gasteiger partial charge in [-0.05, 0) is 38.5 Å². The normalized spacial score (nSPS) is 11.8. The lowest BCUT2D eigenvalue weighted by molar-refractivity contribution is 0.0997. The van der Waals surface area contributed by atoms with Gasteiger partial charge >= 0.3 is 0 Å². The second-order valence-corrected chi connectivity index (χ2v) is 6.45. The molecule has 0 saturated carbocycles. The van der Waals surface area contributed by atoms with Crippen molar-refractivity contribution in [3.8, 4) is 5.75 Å². The highest BCUT2D eigenvalue weighted by Gasteiger charge is 2.11. The Hall–Kier alpha value is -1.92. The highest BCUT2D eigenvalue weighted by molar-refractivity contribution is 7.09. The average molecular weight is 334 g/mol. The van der Waals surface area contributed by atoms with Gasteiger partial charge in [0.05, 0.1) is 13.7 Å². The summed E-state index contributed by atoms with van der Waals surface area (Å²) in [4.78, 5) is 18.6. The molecular weight excluding hydrogens is 312 g/mol. The van der Waals surface area contributed by atoms with Gasteiger partial charge in [0.1, 0.15) is 5.75 Å². The molecule has 1 aromatic carbocycles. The molecule has 0 fully saturated rings. The van der Waals surface area contributed by atoms with Crippen LogP contribution in [0.1, 0.15) is 26.5 Å². The third-order valence-electron chi connectivity index (χ3n) is 3.76. The molecule has 6 heteroatoms. The number of hydrogen-bond donors (Lipinski definition) is 0. The summed E-state index contributed by atoms with van der Waals surface area (Å²) in [6.07, 6.45) is 0. The first-order chi connectivity index (χ1) is 11.0. The van der Waals surface area contributed by atoms with Gasteiger partial charge in [0.25, 0.3) is 5.91 Å². The molecule has 5 nitrogen and oxygen atoms in total.